The average molecular weight is 281 g/mol. The second-order valence-corrected chi connectivity index (χ2v) is 6.66. The Balaban J connectivity index is 2.40. The molecule has 1 aliphatic rings. The third kappa shape index (κ3) is 2.35. The second kappa shape index (κ2) is 5.00. The molecular formula is C11H11N3O2S2. The van der Waals surface area contributed by atoms with Gasteiger partial charge in [-0.3, -0.25) is 0 Å². The van der Waals surface area contributed by atoms with Crippen LogP contribution < -0.4 is 0 Å². The first-order chi connectivity index (χ1) is 8.55. The molecule has 0 spiro atoms. The van der Waals surface area contributed by atoms with Gasteiger partial charge >= 0.3 is 0 Å². The summed E-state index contributed by atoms with van der Waals surface area (Å²) in [6.45, 7) is 2.24. The zero-order valence-corrected chi connectivity index (χ0v) is 11.3. The Kier molecular flexibility index (Phi) is 3.59. The molecule has 0 atom stereocenters. The van der Waals surface area contributed by atoms with Gasteiger partial charge in [0.15, 0.2) is 5.17 Å². The number of aryl methyl sites for hydroxylation is 1. The van der Waals surface area contributed by atoms with Crippen LogP contribution in [0.1, 0.15) is 5.56 Å². The minimum atomic E-state index is -3.60. The van der Waals surface area contributed by atoms with Gasteiger partial charge in [0.25, 0.3) is 10.0 Å². The Morgan fingerprint density at radius 2 is 2.06 bits per heavy atom. The number of sulfonamides is 1. The fourth-order valence-electron chi connectivity index (χ4n) is 1.58. The standard InChI is InChI=1S/C11H11N3O2S2/c1-9-2-4-10(5-3-9)18(15,16)14-6-7-17-11(14)13-8-12/h2-5H,6-7H2,1H3/b13-11+. The van der Waals surface area contributed by atoms with Crippen LogP contribution in [0, 0.1) is 18.4 Å². The van der Waals surface area contributed by atoms with E-state index >= 15 is 0 Å². The molecule has 0 bridgehead atoms. The van der Waals surface area contributed by atoms with E-state index in [9.17, 15) is 8.42 Å². The molecule has 0 aromatic heterocycles. The number of hydrogen-bond donors (Lipinski definition) is 0. The number of benzene rings is 1. The summed E-state index contributed by atoms with van der Waals surface area (Å²) in [5, 5.41) is 8.79. The molecule has 7 heteroatoms. The normalized spacial score (nSPS) is 18.0. The molecule has 1 aromatic carbocycles. The van der Waals surface area contributed by atoms with Gasteiger partial charge in [0.05, 0.1) is 4.90 Å². The van der Waals surface area contributed by atoms with E-state index in [2.05, 4.69) is 4.99 Å². The minimum absolute atomic E-state index is 0.223. The van der Waals surface area contributed by atoms with Gasteiger partial charge in [-0.1, -0.05) is 29.5 Å². The minimum Gasteiger partial charge on any atom is -0.243 e. The second-order valence-electron chi connectivity index (χ2n) is 3.73. The zero-order valence-electron chi connectivity index (χ0n) is 9.70. The molecule has 0 aliphatic carbocycles. The van der Waals surface area contributed by atoms with Crippen LogP contribution in [-0.4, -0.2) is 30.2 Å². The van der Waals surface area contributed by atoms with Gasteiger partial charge in [0.1, 0.15) is 0 Å². The van der Waals surface area contributed by atoms with Crippen molar-refractivity contribution in [3.8, 4) is 6.19 Å². The summed E-state index contributed by atoms with van der Waals surface area (Å²) in [7, 11) is -3.60. The van der Waals surface area contributed by atoms with Crippen molar-refractivity contribution in [2.24, 2.45) is 4.99 Å². The fraction of sp³-hybridized carbons (Fsp3) is 0.273. The highest BCUT2D eigenvalue weighted by molar-refractivity contribution is 8.15. The van der Waals surface area contributed by atoms with Crippen molar-refractivity contribution in [1.82, 2.24) is 4.31 Å². The van der Waals surface area contributed by atoms with Crippen LogP contribution in [0.15, 0.2) is 34.2 Å². The quantitative estimate of drug-likeness (QED) is 0.771. The SMILES string of the molecule is Cc1ccc(S(=O)(=O)N2CCS/C2=N/C#N)cc1. The number of thioether (sulfide) groups is 1. The van der Waals surface area contributed by atoms with E-state index in [1.165, 1.54) is 16.1 Å². The average Bonchev–Trinajstić information content (AvgIpc) is 2.79. The first-order valence-electron chi connectivity index (χ1n) is 5.24. The molecule has 1 heterocycles. The highest BCUT2D eigenvalue weighted by Gasteiger charge is 2.32. The molecule has 0 saturated carbocycles. The van der Waals surface area contributed by atoms with Crippen LogP contribution in [0.3, 0.4) is 0 Å². The fourth-order valence-corrected chi connectivity index (χ4v) is 4.26. The molecular weight excluding hydrogens is 270 g/mol. The number of aliphatic imine (C=N–C) groups is 1. The highest BCUT2D eigenvalue weighted by Crippen LogP contribution is 2.26. The maximum atomic E-state index is 12.4. The molecule has 1 fully saturated rings. The first kappa shape index (κ1) is 12.9. The maximum absolute atomic E-state index is 12.4. The molecule has 2 rings (SSSR count). The van der Waals surface area contributed by atoms with Crippen molar-refractivity contribution in [3.05, 3.63) is 29.8 Å². The molecule has 0 amide bonds. The van der Waals surface area contributed by atoms with Gasteiger partial charge in [-0.25, -0.2) is 12.7 Å². The van der Waals surface area contributed by atoms with E-state index in [0.717, 1.165) is 5.56 Å². The zero-order chi connectivity index (χ0) is 13.2. The first-order valence-corrected chi connectivity index (χ1v) is 7.67. The van der Waals surface area contributed by atoms with Crippen LogP contribution in [0.25, 0.3) is 0 Å². The lowest BCUT2D eigenvalue weighted by atomic mass is 10.2. The molecule has 0 radical (unpaired) electrons. The Bertz CT molecular complexity index is 615. The smallest absolute Gasteiger partial charge is 0.243 e. The van der Waals surface area contributed by atoms with Gasteiger partial charge in [-0.2, -0.15) is 5.26 Å². The van der Waals surface area contributed by atoms with Gasteiger partial charge < -0.3 is 0 Å². The molecule has 18 heavy (non-hydrogen) atoms. The number of rotatable bonds is 2. The summed E-state index contributed by atoms with van der Waals surface area (Å²) in [5.41, 5.74) is 0.996. The summed E-state index contributed by atoms with van der Waals surface area (Å²) in [6, 6.07) is 6.63. The van der Waals surface area contributed by atoms with E-state index in [1.807, 2.05) is 6.92 Å². The van der Waals surface area contributed by atoms with Gasteiger partial charge in [-0.05, 0) is 19.1 Å². The van der Waals surface area contributed by atoms with Crippen LogP contribution in [-0.2, 0) is 10.0 Å². The number of nitriles is 1. The van der Waals surface area contributed by atoms with Crippen molar-refractivity contribution >= 4 is 27.0 Å². The lowest BCUT2D eigenvalue weighted by molar-refractivity contribution is 0.540. The third-order valence-electron chi connectivity index (χ3n) is 2.49. The monoisotopic (exact) mass is 281 g/mol. The lowest BCUT2D eigenvalue weighted by Gasteiger charge is -2.17. The Hall–Kier alpha value is -1.52. The number of hydrogen-bond acceptors (Lipinski definition) is 5. The van der Waals surface area contributed by atoms with E-state index in [1.54, 1.807) is 30.5 Å². The third-order valence-corrected chi connectivity index (χ3v) is 5.37. The Labute approximate surface area is 110 Å². The topological polar surface area (TPSA) is 73.5 Å². The van der Waals surface area contributed by atoms with E-state index < -0.39 is 10.0 Å². The molecule has 0 N–H and O–H groups in total. The maximum Gasteiger partial charge on any atom is 0.265 e. The molecule has 1 aliphatic heterocycles. The largest absolute Gasteiger partial charge is 0.265 e. The molecule has 5 nitrogen and oxygen atoms in total. The van der Waals surface area contributed by atoms with E-state index in [0.29, 0.717) is 12.3 Å². The van der Waals surface area contributed by atoms with Crippen molar-refractivity contribution in [2.75, 3.05) is 12.3 Å². The summed E-state index contributed by atoms with van der Waals surface area (Å²) in [5.74, 6) is 0.617. The molecule has 1 aromatic rings. The lowest BCUT2D eigenvalue weighted by Crippen LogP contribution is -2.31. The van der Waals surface area contributed by atoms with Crippen LogP contribution >= 0.6 is 11.8 Å². The van der Waals surface area contributed by atoms with Gasteiger partial charge in [0, 0.05) is 12.3 Å². The van der Waals surface area contributed by atoms with Crippen molar-refractivity contribution in [3.63, 3.8) is 0 Å². The summed E-state index contributed by atoms with van der Waals surface area (Å²) in [6.07, 6.45) is 1.63. The van der Waals surface area contributed by atoms with Gasteiger partial charge in [0.2, 0.25) is 6.19 Å². The Morgan fingerprint density at radius 1 is 1.39 bits per heavy atom. The van der Waals surface area contributed by atoms with E-state index in [4.69, 9.17) is 5.26 Å². The van der Waals surface area contributed by atoms with Crippen molar-refractivity contribution < 1.29 is 8.42 Å². The Morgan fingerprint density at radius 3 is 2.67 bits per heavy atom. The summed E-state index contributed by atoms with van der Waals surface area (Å²) in [4.78, 5) is 3.77. The number of amidine groups is 1. The number of nitrogens with zero attached hydrogens (tertiary/aromatic N) is 3. The highest BCUT2D eigenvalue weighted by atomic mass is 32.2. The predicted molar refractivity (Wildman–Crippen MR) is 70.6 cm³/mol. The summed E-state index contributed by atoms with van der Waals surface area (Å²) < 4.78 is 25.9. The molecule has 0 unspecified atom stereocenters. The van der Waals surface area contributed by atoms with E-state index in [-0.39, 0.29) is 10.1 Å². The van der Waals surface area contributed by atoms with Crippen LogP contribution in [0.4, 0.5) is 0 Å². The predicted octanol–water partition coefficient (Wildman–Crippen LogP) is 1.57. The van der Waals surface area contributed by atoms with Crippen molar-refractivity contribution in [1.29, 1.82) is 5.26 Å². The van der Waals surface area contributed by atoms with Gasteiger partial charge in [-0.15, -0.1) is 4.99 Å². The molecule has 94 valence electrons. The molecule has 1 saturated heterocycles. The summed E-state index contributed by atoms with van der Waals surface area (Å²) >= 11 is 1.27. The van der Waals surface area contributed by atoms with Crippen LogP contribution in [0.5, 0.6) is 0 Å². The van der Waals surface area contributed by atoms with Crippen molar-refractivity contribution in [2.45, 2.75) is 11.8 Å². The van der Waals surface area contributed by atoms with Crippen LogP contribution in [0.2, 0.25) is 0 Å².